The van der Waals surface area contributed by atoms with Crippen LogP contribution in [0.3, 0.4) is 0 Å². The van der Waals surface area contributed by atoms with Crippen LogP contribution in [0, 0.1) is 5.92 Å². The smallest absolute Gasteiger partial charge is 0.161 e. The zero-order chi connectivity index (χ0) is 24.9. The van der Waals surface area contributed by atoms with Gasteiger partial charge >= 0.3 is 0 Å². The third kappa shape index (κ3) is 6.27. The zero-order valence-electron chi connectivity index (χ0n) is 21.2. The van der Waals surface area contributed by atoms with Crippen molar-refractivity contribution in [3.05, 3.63) is 71.8 Å². The predicted molar refractivity (Wildman–Crippen MR) is 154 cm³/mol. The third-order valence-electron chi connectivity index (χ3n) is 6.82. The van der Waals surface area contributed by atoms with Gasteiger partial charge in [0.15, 0.2) is 5.17 Å². The van der Waals surface area contributed by atoms with Gasteiger partial charge in [0, 0.05) is 20.0 Å². The van der Waals surface area contributed by atoms with Gasteiger partial charge in [-0.15, -0.1) is 23.5 Å². The molecule has 0 N–H and O–H groups in total. The molecule has 5 nitrogen and oxygen atoms in total. The van der Waals surface area contributed by atoms with Gasteiger partial charge in [-0.05, 0) is 29.1 Å². The number of amidine groups is 1. The molecule has 2 fully saturated rings. The molecule has 0 saturated carbocycles. The molecule has 0 radical (unpaired) electrons. The molecule has 194 valence electrons. The minimum atomic E-state index is -0.0666. The van der Waals surface area contributed by atoms with Gasteiger partial charge in [0.1, 0.15) is 17.6 Å². The summed E-state index contributed by atoms with van der Waals surface area (Å²) in [5, 5.41) is 1.01. The Labute approximate surface area is 228 Å². The van der Waals surface area contributed by atoms with Crippen molar-refractivity contribution in [3.8, 4) is 0 Å². The number of hydrogen-bond acceptors (Lipinski definition) is 8. The summed E-state index contributed by atoms with van der Waals surface area (Å²) in [5.41, 5.74) is 2.31. The van der Waals surface area contributed by atoms with Gasteiger partial charge in [-0.2, -0.15) is 0 Å². The van der Waals surface area contributed by atoms with E-state index < -0.39 is 0 Å². The molecule has 2 aromatic rings. The van der Waals surface area contributed by atoms with E-state index in [-0.39, 0.29) is 35.7 Å². The number of nitrogens with zero attached hydrogens (tertiary/aromatic N) is 2. The first kappa shape index (κ1) is 26.4. The average molecular weight is 545 g/mol. The van der Waals surface area contributed by atoms with E-state index in [4.69, 9.17) is 19.2 Å². The predicted octanol–water partition coefficient (Wildman–Crippen LogP) is 5.75. The summed E-state index contributed by atoms with van der Waals surface area (Å²) in [4.78, 5) is 7.14. The van der Waals surface area contributed by atoms with Crippen LogP contribution in [0.1, 0.15) is 24.5 Å². The van der Waals surface area contributed by atoms with Gasteiger partial charge in [-0.3, -0.25) is 4.99 Å². The van der Waals surface area contributed by atoms with Crippen LogP contribution in [0.25, 0.3) is 0 Å². The van der Waals surface area contributed by atoms with Gasteiger partial charge in [0.05, 0.1) is 30.0 Å². The fourth-order valence-corrected chi connectivity index (χ4v) is 9.13. The first-order valence-corrected chi connectivity index (χ1v) is 15.7. The highest BCUT2D eigenvalue weighted by Gasteiger charge is 2.52. The van der Waals surface area contributed by atoms with E-state index in [1.54, 1.807) is 11.8 Å². The molecule has 0 bridgehead atoms. The van der Waals surface area contributed by atoms with Crippen LogP contribution >= 0.6 is 35.3 Å². The highest BCUT2D eigenvalue weighted by Crippen LogP contribution is 2.45. The van der Waals surface area contributed by atoms with Crippen molar-refractivity contribution in [1.82, 2.24) is 4.90 Å². The lowest BCUT2D eigenvalue weighted by Gasteiger charge is -2.46. The standard InChI is InChI=1S/C28H36N2O3S3/c1-19-23(31-17-20-11-6-4-7-12-20)22-26(36-28(29-22)30(2)3)33-24(19)25(27-34-15-10-16-35-27)32-18-21-13-8-5-9-14-21/h4-9,11-14,19,22-27H,10,15-18H2,1-3H3/t19-,22+,23-,24-,25?,26+/m0/s1. The van der Waals surface area contributed by atoms with Crippen LogP contribution in [0.2, 0.25) is 0 Å². The molecule has 3 aliphatic rings. The fraction of sp³-hybridized carbons (Fsp3) is 0.536. The van der Waals surface area contributed by atoms with E-state index in [2.05, 4.69) is 66.4 Å². The Kier molecular flexibility index (Phi) is 9.25. The third-order valence-corrected chi connectivity index (χ3v) is 11.2. The van der Waals surface area contributed by atoms with Gasteiger partial charge in [-0.1, -0.05) is 79.3 Å². The van der Waals surface area contributed by atoms with Gasteiger partial charge in [-0.25, -0.2) is 0 Å². The maximum Gasteiger partial charge on any atom is 0.161 e. The molecule has 2 aromatic carbocycles. The Morgan fingerprint density at radius 3 is 2.25 bits per heavy atom. The molecule has 8 heteroatoms. The summed E-state index contributed by atoms with van der Waals surface area (Å²) >= 11 is 5.75. The van der Waals surface area contributed by atoms with E-state index in [0.29, 0.717) is 17.8 Å². The average Bonchev–Trinajstić information content (AvgIpc) is 3.35. The van der Waals surface area contributed by atoms with E-state index in [1.165, 1.54) is 29.1 Å². The van der Waals surface area contributed by atoms with Crippen molar-refractivity contribution < 1.29 is 14.2 Å². The van der Waals surface area contributed by atoms with Crippen LogP contribution < -0.4 is 0 Å². The quantitative estimate of drug-likeness (QED) is 0.419. The maximum absolute atomic E-state index is 6.88. The number of benzene rings is 2. The summed E-state index contributed by atoms with van der Waals surface area (Å²) in [6.45, 7) is 3.43. The summed E-state index contributed by atoms with van der Waals surface area (Å²) < 4.78 is 20.6. The first-order valence-electron chi connectivity index (χ1n) is 12.7. The second-order valence-corrected chi connectivity index (χ2v) is 13.6. The monoisotopic (exact) mass is 544 g/mol. The Balaban J connectivity index is 1.39. The molecule has 5 rings (SSSR count). The van der Waals surface area contributed by atoms with Crippen molar-refractivity contribution in [3.63, 3.8) is 0 Å². The van der Waals surface area contributed by atoms with Crippen molar-refractivity contribution >= 4 is 40.5 Å². The van der Waals surface area contributed by atoms with Gasteiger partial charge < -0.3 is 19.1 Å². The number of aliphatic imine (C=N–C) groups is 1. The number of fused-ring (bicyclic) bond motifs is 1. The molecule has 0 aromatic heterocycles. The summed E-state index contributed by atoms with van der Waals surface area (Å²) in [6, 6.07) is 20.9. The normalized spacial score (nSPS) is 29.4. The van der Waals surface area contributed by atoms with Crippen LogP contribution in [0.15, 0.2) is 65.7 Å². The molecule has 0 aliphatic carbocycles. The Morgan fingerprint density at radius 2 is 1.61 bits per heavy atom. The minimum Gasteiger partial charge on any atom is -0.371 e. The molecular weight excluding hydrogens is 509 g/mol. The zero-order valence-corrected chi connectivity index (χ0v) is 23.6. The van der Waals surface area contributed by atoms with Crippen molar-refractivity contribution in [1.29, 1.82) is 0 Å². The molecule has 3 aliphatic heterocycles. The number of thioether (sulfide) groups is 3. The molecule has 3 heterocycles. The van der Waals surface area contributed by atoms with Crippen molar-refractivity contribution in [2.75, 3.05) is 25.6 Å². The second-order valence-electron chi connectivity index (χ2n) is 9.73. The lowest BCUT2D eigenvalue weighted by Crippen LogP contribution is -2.57. The SMILES string of the molecule is C[C@H]1[C@H](OCc2ccccc2)[C@H]2N=C(N(C)C)S[C@H]2O[C@@H]1C(OCc1ccccc1)C1SCCCS1. The lowest BCUT2D eigenvalue weighted by atomic mass is 9.87. The molecule has 0 spiro atoms. The van der Waals surface area contributed by atoms with Crippen LogP contribution in [-0.2, 0) is 27.4 Å². The maximum atomic E-state index is 6.88. The molecule has 6 atom stereocenters. The molecule has 2 saturated heterocycles. The van der Waals surface area contributed by atoms with Crippen LogP contribution in [-0.4, -0.2) is 70.0 Å². The largest absolute Gasteiger partial charge is 0.371 e. The summed E-state index contributed by atoms with van der Waals surface area (Å²) in [7, 11) is 4.09. The Hall–Kier alpha value is -1.16. The topological polar surface area (TPSA) is 43.3 Å². The molecule has 0 amide bonds. The highest BCUT2D eigenvalue weighted by atomic mass is 32.2. The molecule has 36 heavy (non-hydrogen) atoms. The van der Waals surface area contributed by atoms with E-state index in [9.17, 15) is 0 Å². The molecular formula is C28H36N2O3S3. The summed E-state index contributed by atoms with van der Waals surface area (Å²) in [5.74, 6) is 2.49. The minimum absolute atomic E-state index is 0.0243. The highest BCUT2D eigenvalue weighted by molar-refractivity contribution is 8.17. The summed E-state index contributed by atoms with van der Waals surface area (Å²) in [6.07, 6.45) is 1.12. The number of ether oxygens (including phenoxy) is 3. The van der Waals surface area contributed by atoms with Gasteiger partial charge in [0.25, 0.3) is 0 Å². The van der Waals surface area contributed by atoms with E-state index >= 15 is 0 Å². The van der Waals surface area contributed by atoms with E-state index in [1.807, 2.05) is 43.7 Å². The Bertz CT molecular complexity index is 988. The van der Waals surface area contributed by atoms with Gasteiger partial charge in [0.2, 0.25) is 0 Å². The number of hydrogen-bond donors (Lipinski definition) is 0. The van der Waals surface area contributed by atoms with Crippen molar-refractivity contribution in [2.45, 2.75) is 60.9 Å². The van der Waals surface area contributed by atoms with E-state index in [0.717, 1.165) is 5.17 Å². The Morgan fingerprint density at radius 1 is 0.972 bits per heavy atom. The second kappa shape index (κ2) is 12.6. The van der Waals surface area contributed by atoms with Crippen molar-refractivity contribution in [2.24, 2.45) is 10.9 Å². The molecule has 1 unspecified atom stereocenters. The number of rotatable bonds is 8. The van der Waals surface area contributed by atoms with Crippen LogP contribution in [0.5, 0.6) is 0 Å². The first-order chi connectivity index (χ1) is 17.6. The fourth-order valence-electron chi connectivity index (χ4n) is 4.91. The lowest BCUT2D eigenvalue weighted by molar-refractivity contribution is -0.178. The van der Waals surface area contributed by atoms with Crippen LogP contribution in [0.4, 0.5) is 0 Å².